The first-order chi connectivity index (χ1) is 11.5. The molecule has 0 aliphatic carbocycles. The van der Waals surface area contributed by atoms with Crippen LogP contribution in [0.25, 0.3) is 11.1 Å². The summed E-state index contributed by atoms with van der Waals surface area (Å²) in [5.41, 5.74) is 3.07. The third-order valence-corrected chi connectivity index (χ3v) is 10.4. The predicted octanol–water partition coefficient (Wildman–Crippen LogP) is 7.00. The first kappa shape index (κ1) is 17.3. The van der Waals surface area contributed by atoms with Crippen molar-refractivity contribution in [3.05, 3.63) is 59.7 Å². The summed E-state index contributed by atoms with van der Waals surface area (Å²) >= 11 is 0. The van der Waals surface area contributed by atoms with Crippen molar-refractivity contribution < 1.29 is 8.78 Å². The van der Waals surface area contributed by atoms with Gasteiger partial charge in [0.05, 0.1) is 8.07 Å². The van der Waals surface area contributed by atoms with E-state index in [0.717, 1.165) is 11.1 Å². The van der Waals surface area contributed by atoms with Crippen LogP contribution in [-0.4, -0.2) is 8.07 Å². The molecular formula is C21H26F2Si. The Morgan fingerprint density at radius 2 is 1.54 bits per heavy atom. The molecular weight excluding hydrogens is 318 g/mol. The number of benzene rings is 2. The summed E-state index contributed by atoms with van der Waals surface area (Å²) in [7, 11) is -0.964. The second-order valence-electron chi connectivity index (χ2n) is 7.59. The van der Waals surface area contributed by atoms with Crippen molar-refractivity contribution in [1.29, 1.82) is 0 Å². The summed E-state index contributed by atoms with van der Waals surface area (Å²) in [5, 5.41) is 0. The molecule has 0 nitrogen and oxygen atoms in total. The van der Waals surface area contributed by atoms with Crippen LogP contribution in [0.15, 0.2) is 42.5 Å². The van der Waals surface area contributed by atoms with Gasteiger partial charge in [-0.05, 0) is 47.6 Å². The van der Waals surface area contributed by atoms with Gasteiger partial charge in [0, 0.05) is 0 Å². The lowest BCUT2D eigenvalue weighted by Crippen LogP contribution is -2.33. The Balaban J connectivity index is 1.70. The SMILES string of the molecule is CCC[Si@]1(C)CC[C@@H](c2ccc(-c3ccc(F)c(F)c3)cc2)CC1. The minimum atomic E-state index is -0.964. The van der Waals surface area contributed by atoms with Crippen molar-refractivity contribution in [3.8, 4) is 11.1 Å². The Bertz CT molecular complexity index is 685. The van der Waals surface area contributed by atoms with Gasteiger partial charge in [-0.3, -0.25) is 0 Å². The standard InChI is InChI=1S/C21H26F2Si/c1-3-12-24(2)13-10-18(11-14-24)16-4-6-17(7-5-16)19-8-9-20(22)21(23)15-19/h4-9,15,18H,3,10-14H2,1-2H3/t18-,24-. The van der Waals surface area contributed by atoms with Gasteiger partial charge < -0.3 is 0 Å². The molecule has 3 rings (SSSR count). The van der Waals surface area contributed by atoms with E-state index in [4.69, 9.17) is 0 Å². The molecule has 1 saturated heterocycles. The number of hydrogen-bond donors (Lipinski definition) is 0. The largest absolute Gasteiger partial charge is 0.204 e. The van der Waals surface area contributed by atoms with E-state index in [2.05, 4.69) is 25.6 Å². The van der Waals surface area contributed by atoms with E-state index in [9.17, 15) is 8.78 Å². The zero-order valence-electron chi connectivity index (χ0n) is 14.6. The summed E-state index contributed by atoms with van der Waals surface area (Å²) in [6, 6.07) is 16.9. The summed E-state index contributed by atoms with van der Waals surface area (Å²) in [4.78, 5) is 0. The smallest absolute Gasteiger partial charge is 0.159 e. The van der Waals surface area contributed by atoms with Crippen molar-refractivity contribution in [1.82, 2.24) is 0 Å². The van der Waals surface area contributed by atoms with Gasteiger partial charge in [-0.15, -0.1) is 0 Å². The van der Waals surface area contributed by atoms with Gasteiger partial charge in [0.1, 0.15) is 0 Å². The van der Waals surface area contributed by atoms with Gasteiger partial charge in [0.2, 0.25) is 0 Å². The Morgan fingerprint density at radius 1 is 0.917 bits per heavy atom. The number of hydrogen-bond acceptors (Lipinski definition) is 0. The average molecular weight is 345 g/mol. The molecule has 3 heteroatoms. The van der Waals surface area contributed by atoms with Crippen molar-refractivity contribution in [2.24, 2.45) is 0 Å². The lowest BCUT2D eigenvalue weighted by molar-refractivity contribution is 0.509. The number of rotatable bonds is 4. The molecule has 2 aromatic carbocycles. The van der Waals surface area contributed by atoms with Crippen LogP contribution in [-0.2, 0) is 0 Å². The Labute approximate surface area is 144 Å². The zero-order chi connectivity index (χ0) is 17.2. The van der Waals surface area contributed by atoms with Gasteiger partial charge in [-0.1, -0.05) is 68.4 Å². The van der Waals surface area contributed by atoms with E-state index in [1.54, 1.807) is 6.07 Å². The highest BCUT2D eigenvalue weighted by Crippen LogP contribution is 2.40. The van der Waals surface area contributed by atoms with Gasteiger partial charge in [0.15, 0.2) is 11.6 Å². The third kappa shape index (κ3) is 3.77. The summed E-state index contributed by atoms with van der Waals surface area (Å²) in [6.45, 7) is 4.88. The van der Waals surface area contributed by atoms with Crippen LogP contribution in [0.2, 0.25) is 24.7 Å². The number of halogens is 2. The molecule has 0 atom stereocenters. The molecule has 1 aliphatic rings. The molecule has 0 aromatic heterocycles. The predicted molar refractivity (Wildman–Crippen MR) is 100 cm³/mol. The van der Waals surface area contributed by atoms with E-state index >= 15 is 0 Å². The lowest BCUT2D eigenvalue weighted by Gasteiger charge is -2.36. The normalized spacial score (nSPS) is 24.1. The second-order valence-corrected chi connectivity index (χ2v) is 12.7. The Kier molecular flexibility index (Phi) is 5.19. The zero-order valence-corrected chi connectivity index (χ0v) is 15.6. The first-order valence-electron chi connectivity index (χ1n) is 9.06. The molecule has 0 unspecified atom stereocenters. The molecule has 1 aliphatic heterocycles. The molecule has 0 saturated carbocycles. The maximum absolute atomic E-state index is 13.4. The van der Waals surface area contributed by atoms with E-state index in [0.29, 0.717) is 5.92 Å². The maximum Gasteiger partial charge on any atom is 0.159 e. The van der Waals surface area contributed by atoms with Gasteiger partial charge in [-0.25, -0.2) is 8.78 Å². The summed E-state index contributed by atoms with van der Waals surface area (Å²) < 4.78 is 26.5. The molecule has 1 fully saturated rings. The van der Waals surface area contributed by atoms with Crippen LogP contribution in [0.4, 0.5) is 8.78 Å². The Morgan fingerprint density at radius 3 is 2.12 bits per heavy atom. The maximum atomic E-state index is 13.4. The highest BCUT2D eigenvalue weighted by atomic mass is 28.3. The third-order valence-electron chi connectivity index (χ3n) is 5.68. The molecule has 0 radical (unpaired) electrons. The summed E-state index contributed by atoms with van der Waals surface area (Å²) in [5.74, 6) is -0.915. The second kappa shape index (κ2) is 7.18. The summed E-state index contributed by atoms with van der Waals surface area (Å²) in [6.07, 6.45) is 3.96. The first-order valence-corrected chi connectivity index (χ1v) is 12.2. The van der Waals surface area contributed by atoms with Gasteiger partial charge >= 0.3 is 0 Å². The fourth-order valence-electron chi connectivity index (χ4n) is 4.13. The van der Waals surface area contributed by atoms with Crippen molar-refractivity contribution in [2.75, 3.05) is 0 Å². The van der Waals surface area contributed by atoms with Crippen LogP contribution in [0.5, 0.6) is 0 Å². The highest BCUT2D eigenvalue weighted by Gasteiger charge is 2.32. The molecule has 128 valence electrons. The van der Waals surface area contributed by atoms with E-state index < -0.39 is 19.7 Å². The van der Waals surface area contributed by atoms with Crippen LogP contribution in [0, 0.1) is 11.6 Å². The van der Waals surface area contributed by atoms with Gasteiger partial charge in [-0.2, -0.15) is 0 Å². The lowest BCUT2D eigenvalue weighted by atomic mass is 9.92. The van der Waals surface area contributed by atoms with Crippen LogP contribution < -0.4 is 0 Å². The molecule has 2 aromatic rings. The van der Waals surface area contributed by atoms with Crippen LogP contribution in [0.3, 0.4) is 0 Å². The van der Waals surface area contributed by atoms with E-state index in [1.807, 2.05) is 12.1 Å². The molecule has 0 amide bonds. The molecule has 0 N–H and O–H groups in total. The molecule has 0 bridgehead atoms. The fourth-order valence-corrected chi connectivity index (χ4v) is 8.17. The van der Waals surface area contributed by atoms with Crippen LogP contribution >= 0.6 is 0 Å². The fraction of sp³-hybridized carbons (Fsp3) is 0.429. The van der Waals surface area contributed by atoms with Gasteiger partial charge in [0.25, 0.3) is 0 Å². The van der Waals surface area contributed by atoms with E-state index in [-0.39, 0.29) is 0 Å². The van der Waals surface area contributed by atoms with Crippen molar-refractivity contribution in [3.63, 3.8) is 0 Å². The highest BCUT2D eigenvalue weighted by molar-refractivity contribution is 6.78. The monoisotopic (exact) mass is 344 g/mol. The van der Waals surface area contributed by atoms with Crippen LogP contribution in [0.1, 0.15) is 37.7 Å². The molecule has 0 spiro atoms. The minimum absolute atomic E-state index is 0.668. The molecule has 1 heterocycles. The Hall–Kier alpha value is -1.48. The minimum Gasteiger partial charge on any atom is -0.204 e. The van der Waals surface area contributed by atoms with E-state index in [1.165, 1.54) is 55.1 Å². The quantitative estimate of drug-likeness (QED) is 0.524. The van der Waals surface area contributed by atoms with Crippen molar-refractivity contribution >= 4 is 8.07 Å². The average Bonchev–Trinajstić information content (AvgIpc) is 2.58. The van der Waals surface area contributed by atoms with Crippen molar-refractivity contribution in [2.45, 2.75) is 56.8 Å². The molecule has 24 heavy (non-hydrogen) atoms. The topological polar surface area (TPSA) is 0 Å².